The third kappa shape index (κ3) is 1.98. The van der Waals surface area contributed by atoms with E-state index in [4.69, 9.17) is 10.8 Å². The van der Waals surface area contributed by atoms with E-state index >= 15 is 0 Å². The van der Waals surface area contributed by atoms with E-state index in [-0.39, 0.29) is 11.4 Å². The smallest absolute Gasteiger partial charge is 0.354 e. The molecule has 0 fully saturated rings. The number of hydrogen-bond donors (Lipinski definition) is 4. The predicted octanol–water partition coefficient (Wildman–Crippen LogP) is 0.512. The van der Waals surface area contributed by atoms with Crippen LogP contribution in [0, 0.1) is 6.92 Å². The maximum absolute atomic E-state index is 10.6. The van der Waals surface area contributed by atoms with Crippen LogP contribution in [0.3, 0.4) is 0 Å². The van der Waals surface area contributed by atoms with E-state index < -0.39 is 12.0 Å². The molecule has 0 saturated heterocycles. The van der Waals surface area contributed by atoms with E-state index in [1.165, 1.54) is 6.07 Å². The second-order valence-electron chi connectivity index (χ2n) is 2.54. The molecule has 2 amide bonds. The van der Waals surface area contributed by atoms with Crippen LogP contribution in [0.5, 0.6) is 0 Å². The first-order chi connectivity index (χ1) is 6.00. The Bertz CT molecular complexity index is 356. The number of aryl methyl sites for hydroxylation is 1. The Hall–Kier alpha value is -1.98. The first kappa shape index (κ1) is 9.11. The van der Waals surface area contributed by atoms with E-state index in [0.717, 1.165) is 0 Å². The second kappa shape index (κ2) is 3.18. The van der Waals surface area contributed by atoms with E-state index in [0.29, 0.717) is 5.69 Å². The van der Waals surface area contributed by atoms with Crippen molar-refractivity contribution in [3.63, 3.8) is 0 Å². The lowest BCUT2D eigenvalue weighted by molar-refractivity contribution is 0.0692. The monoisotopic (exact) mass is 183 g/mol. The largest absolute Gasteiger partial charge is 0.477 e. The Morgan fingerprint density at radius 3 is 2.69 bits per heavy atom. The number of carbonyl (C=O) groups is 2. The van der Waals surface area contributed by atoms with Crippen LogP contribution in [0.25, 0.3) is 0 Å². The van der Waals surface area contributed by atoms with Gasteiger partial charge in [-0.05, 0) is 13.0 Å². The number of rotatable bonds is 2. The Labute approximate surface area is 73.7 Å². The average molecular weight is 183 g/mol. The van der Waals surface area contributed by atoms with Gasteiger partial charge in [0.1, 0.15) is 5.69 Å². The number of nitrogens with one attached hydrogen (secondary N) is 2. The number of hydrogen-bond acceptors (Lipinski definition) is 2. The Morgan fingerprint density at radius 2 is 2.23 bits per heavy atom. The van der Waals surface area contributed by atoms with Crippen molar-refractivity contribution in [1.82, 2.24) is 4.98 Å². The van der Waals surface area contributed by atoms with Gasteiger partial charge < -0.3 is 21.1 Å². The molecule has 0 aromatic carbocycles. The van der Waals surface area contributed by atoms with Gasteiger partial charge in [0.15, 0.2) is 0 Å². The number of H-pyrrole nitrogens is 1. The quantitative estimate of drug-likeness (QED) is 0.536. The number of urea groups is 1. The summed E-state index contributed by atoms with van der Waals surface area (Å²) in [6, 6.07) is 0.704. The van der Waals surface area contributed by atoms with Gasteiger partial charge in [-0.2, -0.15) is 0 Å². The third-order valence-electron chi connectivity index (χ3n) is 1.42. The SMILES string of the molecule is Cc1cc(NC(N)=O)c(C(=O)O)[nH]1. The van der Waals surface area contributed by atoms with Crippen LogP contribution in [-0.2, 0) is 0 Å². The van der Waals surface area contributed by atoms with Crippen molar-refractivity contribution in [2.75, 3.05) is 5.32 Å². The van der Waals surface area contributed by atoms with Crippen molar-refractivity contribution >= 4 is 17.7 Å². The van der Waals surface area contributed by atoms with E-state index in [9.17, 15) is 9.59 Å². The molecule has 1 aromatic rings. The van der Waals surface area contributed by atoms with Crippen LogP contribution in [0.1, 0.15) is 16.2 Å². The average Bonchev–Trinajstić information content (AvgIpc) is 2.29. The highest BCUT2D eigenvalue weighted by molar-refractivity contribution is 5.98. The molecule has 70 valence electrons. The highest BCUT2D eigenvalue weighted by Crippen LogP contribution is 2.16. The number of carboxylic acid groups (broad SMARTS) is 1. The number of primary amides is 1. The summed E-state index contributed by atoms with van der Waals surface area (Å²) in [6.07, 6.45) is 0. The standard InChI is InChI=1S/C7H9N3O3/c1-3-2-4(10-7(8)13)5(9-3)6(11)12/h2,9H,1H3,(H,11,12)(H3,8,10,13). The summed E-state index contributed by atoms with van der Waals surface area (Å²) in [5.74, 6) is -1.14. The van der Waals surface area contributed by atoms with Crippen molar-refractivity contribution in [1.29, 1.82) is 0 Å². The summed E-state index contributed by atoms with van der Waals surface area (Å²) < 4.78 is 0. The van der Waals surface area contributed by atoms with Crippen LogP contribution in [0.2, 0.25) is 0 Å². The Balaban J connectivity index is 3.04. The Morgan fingerprint density at radius 1 is 1.62 bits per heavy atom. The molecule has 0 aliphatic rings. The zero-order chi connectivity index (χ0) is 10.0. The second-order valence-corrected chi connectivity index (χ2v) is 2.54. The first-order valence-electron chi connectivity index (χ1n) is 3.50. The number of aromatic nitrogens is 1. The molecule has 1 aromatic heterocycles. The molecular weight excluding hydrogens is 174 g/mol. The summed E-state index contributed by atoms with van der Waals surface area (Å²) in [6.45, 7) is 1.68. The van der Waals surface area contributed by atoms with Crippen molar-refractivity contribution < 1.29 is 14.7 Å². The zero-order valence-corrected chi connectivity index (χ0v) is 6.92. The molecule has 0 spiro atoms. The van der Waals surface area contributed by atoms with Crippen molar-refractivity contribution in [3.8, 4) is 0 Å². The summed E-state index contributed by atoms with van der Waals surface area (Å²) >= 11 is 0. The van der Waals surface area contributed by atoms with Gasteiger partial charge in [0.2, 0.25) is 0 Å². The van der Waals surface area contributed by atoms with Crippen LogP contribution in [0.15, 0.2) is 6.07 Å². The summed E-state index contributed by atoms with van der Waals surface area (Å²) in [5, 5.41) is 10.9. The molecule has 0 aliphatic carbocycles. The van der Waals surface area contributed by atoms with E-state index in [2.05, 4.69) is 10.3 Å². The van der Waals surface area contributed by atoms with Crippen LogP contribution < -0.4 is 11.1 Å². The zero-order valence-electron chi connectivity index (χ0n) is 6.92. The number of carbonyl (C=O) groups excluding carboxylic acids is 1. The lowest BCUT2D eigenvalue weighted by Crippen LogP contribution is -2.20. The van der Waals surface area contributed by atoms with Gasteiger partial charge in [0, 0.05) is 5.69 Å². The molecular formula is C7H9N3O3. The minimum absolute atomic E-state index is 0.0729. The van der Waals surface area contributed by atoms with Gasteiger partial charge in [-0.15, -0.1) is 0 Å². The molecule has 0 radical (unpaired) electrons. The van der Waals surface area contributed by atoms with Crippen molar-refractivity contribution in [2.24, 2.45) is 5.73 Å². The van der Waals surface area contributed by atoms with Crippen molar-refractivity contribution in [3.05, 3.63) is 17.5 Å². The maximum Gasteiger partial charge on any atom is 0.354 e. The molecule has 0 aliphatic heterocycles. The predicted molar refractivity (Wildman–Crippen MR) is 45.7 cm³/mol. The molecule has 13 heavy (non-hydrogen) atoms. The van der Waals surface area contributed by atoms with Gasteiger partial charge in [-0.1, -0.05) is 0 Å². The fourth-order valence-corrected chi connectivity index (χ4v) is 0.989. The number of anilines is 1. The number of aromatic carboxylic acids is 1. The van der Waals surface area contributed by atoms with E-state index in [1.54, 1.807) is 6.92 Å². The van der Waals surface area contributed by atoms with Crippen molar-refractivity contribution in [2.45, 2.75) is 6.92 Å². The molecule has 6 nitrogen and oxygen atoms in total. The summed E-state index contributed by atoms with van der Waals surface area (Å²) in [5.41, 5.74) is 5.59. The van der Waals surface area contributed by atoms with Gasteiger partial charge in [0.05, 0.1) is 5.69 Å². The third-order valence-corrected chi connectivity index (χ3v) is 1.42. The summed E-state index contributed by atoms with van der Waals surface area (Å²) in [4.78, 5) is 23.6. The molecule has 0 saturated carbocycles. The molecule has 5 N–H and O–H groups in total. The topological polar surface area (TPSA) is 108 Å². The van der Waals surface area contributed by atoms with Gasteiger partial charge >= 0.3 is 12.0 Å². The fraction of sp³-hybridized carbons (Fsp3) is 0.143. The fourth-order valence-electron chi connectivity index (χ4n) is 0.989. The van der Waals surface area contributed by atoms with Gasteiger partial charge in [-0.25, -0.2) is 9.59 Å². The first-order valence-corrected chi connectivity index (χ1v) is 3.50. The maximum atomic E-state index is 10.6. The Kier molecular flexibility index (Phi) is 2.23. The van der Waals surface area contributed by atoms with Crippen LogP contribution in [0.4, 0.5) is 10.5 Å². The molecule has 1 heterocycles. The highest BCUT2D eigenvalue weighted by Gasteiger charge is 2.13. The lowest BCUT2D eigenvalue weighted by Gasteiger charge is -1.98. The highest BCUT2D eigenvalue weighted by atomic mass is 16.4. The van der Waals surface area contributed by atoms with Gasteiger partial charge in [-0.3, -0.25) is 0 Å². The molecule has 0 unspecified atom stereocenters. The molecule has 1 rings (SSSR count). The van der Waals surface area contributed by atoms with Crippen LogP contribution >= 0.6 is 0 Å². The number of aromatic amines is 1. The summed E-state index contributed by atoms with van der Waals surface area (Å²) in [7, 11) is 0. The number of carboxylic acids is 1. The molecule has 0 atom stereocenters. The van der Waals surface area contributed by atoms with Gasteiger partial charge in [0.25, 0.3) is 0 Å². The van der Waals surface area contributed by atoms with E-state index in [1.807, 2.05) is 0 Å². The number of amides is 2. The normalized spacial score (nSPS) is 9.62. The number of nitrogens with two attached hydrogens (primary N) is 1. The minimum Gasteiger partial charge on any atom is -0.477 e. The molecule has 0 bridgehead atoms. The van der Waals surface area contributed by atoms with Crippen LogP contribution in [-0.4, -0.2) is 22.1 Å². The minimum atomic E-state index is -1.14. The lowest BCUT2D eigenvalue weighted by atomic mass is 10.3. The molecule has 6 heteroatoms.